The van der Waals surface area contributed by atoms with Gasteiger partial charge in [-0.3, -0.25) is 14.5 Å². The molecular formula is C28H37N7O6. The van der Waals surface area contributed by atoms with Gasteiger partial charge in [0.05, 0.1) is 30.1 Å². The molecule has 2 atom stereocenters. The van der Waals surface area contributed by atoms with Gasteiger partial charge in [-0.1, -0.05) is 0 Å². The van der Waals surface area contributed by atoms with Crippen LogP contribution in [0.3, 0.4) is 0 Å². The molecule has 0 bridgehead atoms. The molecule has 5 rings (SSSR count). The van der Waals surface area contributed by atoms with Crippen molar-refractivity contribution in [1.82, 2.24) is 24.5 Å². The van der Waals surface area contributed by atoms with Crippen LogP contribution in [0.25, 0.3) is 5.65 Å². The number of nitrogens with zero attached hydrogens (tertiary/aromatic N) is 5. The number of fused-ring (bicyclic) bond motifs is 1. The average molecular weight is 568 g/mol. The number of ether oxygens (including phenoxy) is 3. The maximum absolute atomic E-state index is 13.3. The lowest BCUT2D eigenvalue weighted by Gasteiger charge is -2.35. The molecule has 13 heteroatoms. The van der Waals surface area contributed by atoms with Crippen molar-refractivity contribution >= 4 is 34.8 Å². The minimum absolute atomic E-state index is 0.0462. The molecule has 0 spiro atoms. The summed E-state index contributed by atoms with van der Waals surface area (Å²) in [6, 6.07) is 4.98. The number of hydrogen-bond acceptors (Lipinski definition) is 9. The maximum atomic E-state index is 13.3. The highest BCUT2D eigenvalue weighted by molar-refractivity contribution is 5.96. The van der Waals surface area contributed by atoms with E-state index in [0.29, 0.717) is 11.4 Å². The third-order valence-electron chi connectivity index (χ3n) is 7.57. The maximum Gasteiger partial charge on any atom is 0.414 e. The van der Waals surface area contributed by atoms with E-state index in [1.165, 1.54) is 15.6 Å². The summed E-state index contributed by atoms with van der Waals surface area (Å²) < 4.78 is 19.4. The van der Waals surface area contributed by atoms with Crippen LogP contribution in [0.4, 0.5) is 22.0 Å². The molecule has 3 aromatic rings. The Labute approximate surface area is 237 Å². The number of hydrogen-bond donors (Lipinski definition) is 2. The Morgan fingerprint density at radius 2 is 1.90 bits per heavy atom. The van der Waals surface area contributed by atoms with Crippen molar-refractivity contribution in [2.75, 3.05) is 31.5 Å². The summed E-state index contributed by atoms with van der Waals surface area (Å²) in [6.07, 6.45) is 5.84. The second-order valence-electron chi connectivity index (χ2n) is 11.5. The van der Waals surface area contributed by atoms with Crippen LogP contribution in [-0.2, 0) is 14.2 Å². The molecule has 2 aliphatic rings. The number of amides is 2. The molecule has 41 heavy (non-hydrogen) atoms. The van der Waals surface area contributed by atoms with E-state index >= 15 is 0 Å². The molecule has 0 aromatic carbocycles. The number of methoxy groups -OCH3 is 2. The summed E-state index contributed by atoms with van der Waals surface area (Å²) in [4.78, 5) is 45.3. The summed E-state index contributed by atoms with van der Waals surface area (Å²) in [5.74, 6) is -0.133. The van der Waals surface area contributed by atoms with E-state index in [1.54, 1.807) is 71.0 Å². The van der Waals surface area contributed by atoms with E-state index in [4.69, 9.17) is 14.2 Å². The molecule has 3 aromatic heterocycles. The Hall–Kier alpha value is -3.97. The fraction of sp³-hybridized carbons (Fsp3) is 0.536. The molecule has 2 fully saturated rings. The lowest BCUT2D eigenvalue weighted by atomic mass is 9.89. The second-order valence-corrected chi connectivity index (χ2v) is 11.5. The topological polar surface area (TPSA) is 141 Å². The van der Waals surface area contributed by atoms with Gasteiger partial charge in [0, 0.05) is 39.6 Å². The number of carbonyl (C=O) groups excluding carboxylic acids is 2. The van der Waals surface area contributed by atoms with Crippen LogP contribution in [0.15, 0.2) is 35.4 Å². The zero-order valence-corrected chi connectivity index (χ0v) is 24.2. The van der Waals surface area contributed by atoms with E-state index in [1.807, 2.05) is 0 Å². The summed E-state index contributed by atoms with van der Waals surface area (Å²) in [7, 11) is 4.84. The molecule has 2 amide bonds. The number of nitrogens with one attached hydrogen (secondary N) is 2. The Kier molecular flexibility index (Phi) is 7.75. The Balaban J connectivity index is 1.51. The van der Waals surface area contributed by atoms with Crippen LogP contribution >= 0.6 is 0 Å². The molecule has 0 unspecified atom stereocenters. The van der Waals surface area contributed by atoms with Gasteiger partial charge in [-0.25, -0.2) is 14.3 Å². The standard InChI is InChI=1S/C28H37N7O6/c1-28(2,3)41-27(38)33(4)20-14-23(30-19-8-7-11-34(26(19)37)16-12-17(13-16)39-5)32-35-21(15-29-24(20)35)25(36)31-18-9-10-22(18)40-6/h7-8,11,14-18,22H,9-10,12-13H2,1-6H3,(H,30,32)(H,31,36)/t16?,17?,18-,22-/m1/s1. The third kappa shape index (κ3) is 5.77. The highest BCUT2D eigenvalue weighted by Crippen LogP contribution is 2.33. The van der Waals surface area contributed by atoms with Crippen LogP contribution in [-0.4, -0.2) is 76.3 Å². The first-order valence-electron chi connectivity index (χ1n) is 13.7. The van der Waals surface area contributed by atoms with Crippen molar-refractivity contribution in [1.29, 1.82) is 0 Å². The van der Waals surface area contributed by atoms with Gasteiger partial charge in [0.25, 0.3) is 11.5 Å². The van der Waals surface area contributed by atoms with E-state index < -0.39 is 11.7 Å². The van der Waals surface area contributed by atoms with Gasteiger partial charge in [0.15, 0.2) is 17.2 Å². The molecule has 2 saturated carbocycles. The van der Waals surface area contributed by atoms with E-state index in [9.17, 15) is 14.4 Å². The monoisotopic (exact) mass is 567 g/mol. The SMILES string of the molecule is COC1CC(n2cccc(Nc3cc(N(C)C(=O)OC(C)(C)C)c4ncc(C(=O)N[C@@H]5CC[C@H]5OC)n4n3)c2=O)C1. The fourth-order valence-electron chi connectivity index (χ4n) is 4.99. The molecule has 0 aliphatic heterocycles. The van der Waals surface area contributed by atoms with Gasteiger partial charge in [0.1, 0.15) is 11.3 Å². The fourth-order valence-corrected chi connectivity index (χ4v) is 4.99. The smallest absolute Gasteiger partial charge is 0.414 e. The van der Waals surface area contributed by atoms with Crippen molar-refractivity contribution < 1.29 is 23.8 Å². The molecule has 220 valence electrons. The van der Waals surface area contributed by atoms with Crippen molar-refractivity contribution in [2.24, 2.45) is 0 Å². The summed E-state index contributed by atoms with van der Waals surface area (Å²) in [5, 5.41) is 10.7. The van der Waals surface area contributed by atoms with Gasteiger partial charge < -0.3 is 29.4 Å². The van der Waals surface area contributed by atoms with Gasteiger partial charge in [-0.2, -0.15) is 0 Å². The summed E-state index contributed by atoms with van der Waals surface area (Å²) >= 11 is 0. The molecule has 2 aliphatic carbocycles. The highest BCUT2D eigenvalue weighted by Gasteiger charge is 2.34. The molecule has 0 radical (unpaired) electrons. The average Bonchev–Trinajstić information content (AvgIpc) is 3.30. The third-order valence-corrected chi connectivity index (χ3v) is 7.57. The van der Waals surface area contributed by atoms with E-state index in [0.717, 1.165) is 25.7 Å². The van der Waals surface area contributed by atoms with Gasteiger partial charge in [-0.15, -0.1) is 5.10 Å². The zero-order chi connectivity index (χ0) is 29.5. The Morgan fingerprint density at radius 1 is 1.15 bits per heavy atom. The molecule has 2 N–H and O–H groups in total. The van der Waals surface area contributed by atoms with Crippen LogP contribution < -0.4 is 21.1 Å². The lowest BCUT2D eigenvalue weighted by molar-refractivity contribution is 0.00522. The first-order chi connectivity index (χ1) is 19.5. The lowest BCUT2D eigenvalue weighted by Crippen LogP contribution is -2.51. The van der Waals surface area contributed by atoms with E-state index in [-0.39, 0.29) is 52.9 Å². The first kappa shape index (κ1) is 28.6. The minimum atomic E-state index is -0.727. The quantitative estimate of drug-likeness (QED) is 0.419. The van der Waals surface area contributed by atoms with Crippen LogP contribution in [0, 0.1) is 0 Å². The molecule has 0 saturated heterocycles. The minimum Gasteiger partial charge on any atom is -0.443 e. The van der Waals surface area contributed by atoms with Crippen LogP contribution in [0.1, 0.15) is 63.0 Å². The largest absolute Gasteiger partial charge is 0.443 e. The summed E-state index contributed by atoms with van der Waals surface area (Å²) in [6.45, 7) is 5.32. The zero-order valence-electron chi connectivity index (χ0n) is 24.2. The molecular weight excluding hydrogens is 530 g/mol. The number of imidazole rings is 1. The number of aromatic nitrogens is 4. The molecule has 3 heterocycles. The normalized spacial score (nSPS) is 22.0. The van der Waals surface area contributed by atoms with Gasteiger partial charge in [0.2, 0.25) is 0 Å². The molecule has 13 nitrogen and oxygen atoms in total. The predicted octanol–water partition coefficient (Wildman–Crippen LogP) is 3.26. The predicted molar refractivity (Wildman–Crippen MR) is 152 cm³/mol. The van der Waals surface area contributed by atoms with Crippen molar-refractivity contribution in [3.63, 3.8) is 0 Å². The van der Waals surface area contributed by atoms with Crippen LogP contribution in [0.5, 0.6) is 0 Å². The van der Waals surface area contributed by atoms with Crippen molar-refractivity contribution in [2.45, 2.75) is 76.3 Å². The van der Waals surface area contributed by atoms with E-state index in [2.05, 4.69) is 20.7 Å². The number of pyridine rings is 1. The van der Waals surface area contributed by atoms with Crippen molar-refractivity contribution in [3.8, 4) is 0 Å². The first-order valence-corrected chi connectivity index (χ1v) is 13.7. The van der Waals surface area contributed by atoms with Gasteiger partial charge in [-0.05, 0) is 58.6 Å². The number of rotatable bonds is 8. The van der Waals surface area contributed by atoms with Gasteiger partial charge >= 0.3 is 6.09 Å². The number of carbonyl (C=O) groups is 2. The highest BCUT2D eigenvalue weighted by atomic mass is 16.6. The number of anilines is 3. The Morgan fingerprint density at radius 3 is 2.54 bits per heavy atom. The summed E-state index contributed by atoms with van der Waals surface area (Å²) in [5.41, 5.74) is 0.151. The van der Waals surface area contributed by atoms with Crippen molar-refractivity contribution in [3.05, 3.63) is 46.6 Å². The Bertz CT molecular complexity index is 1500. The second kappa shape index (κ2) is 11.1. The van der Waals surface area contributed by atoms with Crippen LogP contribution in [0.2, 0.25) is 0 Å².